The van der Waals surface area contributed by atoms with Crippen molar-refractivity contribution in [1.29, 1.82) is 0 Å². The molecule has 1 saturated carbocycles. The van der Waals surface area contributed by atoms with Crippen LogP contribution in [0.1, 0.15) is 29.9 Å². The van der Waals surface area contributed by atoms with E-state index in [4.69, 9.17) is 4.98 Å². The molecule has 1 N–H and O–H groups in total. The van der Waals surface area contributed by atoms with Gasteiger partial charge in [-0.2, -0.15) is 0 Å². The fourth-order valence-electron chi connectivity index (χ4n) is 3.63. The molecule has 0 bridgehead atoms. The van der Waals surface area contributed by atoms with Crippen molar-refractivity contribution in [3.05, 3.63) is 81.2 Å². The summed E-state index contributed by atoms with van der Waals surface area (Å²) in [5.74, 6) is -0.210. The first-order valence-electron chi connectivity index (χ1n) is 10.3. The van der Waals surface area contributed by atoms with Crippen molar-refractivity contribution < 1.29 is 9.18 Å². The second kappa shape index (κ2) is 8.52. The maximum Gasteiger partial charge on any atom is 0.267 e. The fourth-order valence-corrected chi connectivity index (χ4v) is 5.51. The number of carbonyl (C=O) groups excluding carboxylic acids is 1. The summed E-state index contributed by atoms with van der Waals surface area (Å²) in [5, 5.41) is 5.94. The molecule has 0 unspecified atom stereocenters. The first-order valence-corrected chi connectivity index (χ1v) is 12.2. The first-order chi connectivity index (χ1) is 15.5. The van der Waals surface area contributed by atoms with Crippen molar-refractivity contribution in [3.8, 4) is 5.69 Å². The molecule has 4 aromatic rings. The lowest BCUT2D eigenvalue weighted by atomic mass is 10.1. The molecule has 8 heteroatoms. The summed E-state index contributed by atoms with van der Waals surface area (Å²) in [5.41, 5.74) is 2.91. The topological polar surface area (TPSA) is 64.0 Å². The van der Waals surface area contributed by atoms with Gasteiger partial charge < -0.3 is 5.32 Å². The van der Waals surface area contributed by atoms with Gasteiger partial charge in [0.05, 0.1) is 16.8 Å². The van der Waals surface area contributed by atoms with Gasteiger partial charge in [-0.3, -0.25) is 14.2 Å². The first kappa shape index (κ1) is 20.9. The van der Waals surface area contributed by atoms with E-state index in [-0.39, 0.29) is 17.2 Å². The number of para-hydroxylation sites is 1. The minimum absolute atomic E-state index is 0.0432. The number of thioether (sulfide) groups is 1. The lowest BCUT2D eigenvalue weighted by Crippen LogP contribution is -2.23. The number of aromatic nitrogens is 2. The van der Waals surface area contributed by atoms with Crippen LogP contribution in [0.4, 0.5) is 10.1 Å². The molecule has 32 heavy (non-hydrogen) atoms. The van der Waals surface area contributed by atoms with Crippen molar-refractivity contribution in [2.24, 2.45) is 0 Å². The van der Waals surface area contributed by atoms with Gasteiger partial charge in [0.1, 0.15) is 10.6 Å². The second-order valence-corrected chi connectivity index (χ2v) is 9.61. The Hall–Kier alpha value is -2.97. The Morgan fingerprint density at radius 1 is 1.25 bits per heavy atom. The van der Waals surface area contributed by atoms with Crippen LogP contribution in [0.25, 0.3) is 15.9 Å². The predicted octanol–water partition coefficient (Wildman–Crippen LogP) is 5.50. The number of fused-ring (bicyclic) bond motifs is 1. The number of halogens is 1. The Morgan fingerprint density at radius 2 is 2.03 bits per heavy atom. The Morgan fingerprint density at radius 3 is 2.78 bits per heavy atom. The van der Waals surface area contributed by atoms with Crippen LogP contribution in [-0.4, -0.2) is 21.2 Å². The van der Waals surface area contributed by atoms with Gasteiger partial charge in [0.25, 0.3) is 5.56 Å². The highest BCUT2D eigenvalue weighted by atomic mass is 32.2. The standard InChI is InChI=1S/C24H20FN3O2S2/c1-14-7-10-16(25)11-19(14)26-20(29)13-32-24-27-22-21(18(12-31-22)15-8-9-15)23(30)28(24)17-5-3-2-4-6-17/h2-7,10-12,15H,8-9,13H2,1H3,(H,26,29). The monoisotopic (exact) mass is 465 g/mol. The SMILES string of the molecule is Cc1ccc(F)cc1NC(=O)CSc1nc2scc(C3CC3)c2c(=O)n1-c1ccccc1. The number of nitrogens with one attached hydrogen (secondary N) is 1. The zero-order valence-corrected chi connectivity index (χ0v) is 18.9. The molecule has 2 aromatic carbocycles. The molecule has 5 nitrogen and oxygen atoms in total. The zero-order valence-electron chi connectivity index (χ0n) is 17.3. The van der Waals surface area contributed by atoms with E-state index >= 15 is 0 Å². The van der Waals surface area contributed by atoms with Gasteiger partial charge in [0.15, 0.2) is 5.16 Å². The molecule has 0 radical (unpaired) electrons. The van der Waals surface area contributed by atoms with Gasteiger partial charge in [0, 0.05) is 5.69 Å². The summed E-state index contributed by atoms with van der Waals surface area (Å²) in [6.07, 6.45) is 2.21. The van der Waals surface area contributed by atoms with E-state index < -0.39 is 5.82 Å². The lowest BCUT2D eigenvalue weighted by molar-refractivity contribution is -0.113. The molecular weight excluding hydrogens is 445 g/mol. The molecule has 1 amide bonds. The number of nitrogens with zero attached hydrogens (tertiary/aromatic N) is 2. The molecule has 1 aliphatic carbocycles. The third-order valence-electron chi connectivity index (χ3n) is 5.44. The van der Waals surface area contributed by atoms with E-state index in [1.165, 1.54) is 35.2 Å². The Kier molecular flexibility index (Phi) is 5.57. The van der Waals surface area contributed by atoms with Gasteiger partial charge in [-0.1, -0.05) is 36.0 Å². The second-order valence-electron chi connectivity index (χ2n) is 7.81. The van der Waals surface area contributed by atoms with Crippen molar-refractivity contribution in [2.75, 3.05) is 11.1 Å². The quantitative estimate of drug-likeness (QED) is 0.302. The summed E-state index contributed by atoms with van der Waals surface area (Å²) in [6.45, 7) is 1.80. The average molecular weight is 466 g/mol. The number of carbonyl (C=O) groups is 1. The average Bonchev–Trinajstić information content (AvgIpc) is 3.54. The van der Waals surface area contributed by atoms with Gasteiger partial charge in [-0.15, -0.1) is 11.3 Å². The summed E-state index contributed by atoms with van der Waals surface area (Å²) in [6, 6.07) is 13.6. The number of thiophene rings is 1. The Bertz CT molecular complexity index is 1380. The number of rotatable bonds is 6. The van der Waals surface area contributed by atoms with E-state index in [9.17, 15) is 14.0 Å². The number of hydrogen-bond acceptors (Lipinski definition) is 5. The van der Waals surface area contributed by atoms with Crippen LogP contribution in [0.3, 0.4) is 0 Å². The minimum atomic E-state index is -0.409. The molecule has 162 valence electrons. The third-order valence-corrected chi connectivity index (χ3v) is 7.27. The predicted molar refractivity (Wildman–Crippen MR) is 128 cm³/mol. The van der Waals surface area contributed by atoms with Crippen molar-refractivity contribution in [2.45, 2.75) is 30.8 Å². The number of anilines is 1. The summed E-state index contributed by atoms with van der Waals surface area (Å²) in [4.78, 5) is 31.6. The van der Waals surface area contributed by atoms with Crippen LogP contribution in [0.15, 0.2) is 63.9 Å². The lowest BCUT2D eigenvalue weighted by Gasteiger charge is -2.13. The van der Waals surface area contributed by atoms with Crippen molar-refractivity contribution >= 4 is 44.9 Å². The van der Waals surface area contributed by atoms with E-state index in [0.717, 1.165) is 24.0 Å². The van der Waals surface area contributed by atoms with Gasteiger partial charge in [-0.25, -0.2) is 9.37 Å². The van der Waals surface area contributed by atoms with Crippen molar-refractivity contribution in [3.63, 3.8) is 0 Å². The highest BCUT2D eigenvalue weighted by Gasteiger charge is 2.29. The van der Waals surface area contributed by atoms with Crippen LogP contribution in [0.5, 0.6) is 0 Å². The molecule has 0 spiro atoms. The molecule has 5 rings (SSSR count). The van der Waals surface area contributed by atoms with Crippen LogP contribution >= 0.6 is 23.1 Å². The molecule has 0 atom stereocenters. The highest BCUT2D eigenvalue weighted by Crippen LogP contribution is 2.44. The smallest absolute Gasteiger partial charge is 0.267 e. The minimum Gasteiger partial charge on any atom is -0.325 e. The van der Waals surface area contributed by atoms with Crippen LogP contribution in [0.2, 0.25) is 0 Å². The summed E-state index contributed by atoms with van der Waals surface area (Å²) >= 11 is 2.67. The maximum atomic E-state index is 13.6. The van der Waals surface area contributed by atoms with Crippen LogP contribution in [-0.2, 0) is 4.79 Å². The van der Waals surface area contributed by atoms with E-state index in [0.29, 0.717) is 32.7 Å². The normalized spacial score (nSPS) is 13.4. The van der Waals surface area contributed by atoms with Gasteiger partial charge in [0.2, 0.25) is 5.91 Å². The molecule has 2 heterocycles. The van der Waals surface area contributed by atoms with Crippen molar-refractivity contribution in [1.82, 2.24) is 9.55 Å². The highest BCUT2D eigenvalue weighted by molar-refractivity contribution is 7.99. The van der Waals surface area contributed by atoms with E-state index in [1.54, 1.807) is 17.6 Å². The molecule has 0 saturated heterocycles. The van der Waals surface area contributed by atoms with E-state index in [1.807, 2.05) is 35.7 Å². The number of benzene rings is 2. The Labute approximate surface area is 192 Å². The van der Waals surface area contributed by atoms with Gasteiger partial charge >= 0.3 is 0 Å². The zero-order chi connectivity index (χ0) is 22.2. The number of aryl methyl sites for hydroxylation is 1. The fraction of sp³-hybridized carbons (Fsp3) is 0.208. The number of hydrogen-bond donors (Lipinski definition) is 1. The molecule has 1 fully saturated rings. The van der Waals surface area contributed by atoms with Crippen LogP contribution in [0, 0.1) is 12.7 Å². The molecule has 2 aromatic heterocycles. The maximum absolute atomic E-state index is 13.6. The van der Waals surface area contributed by atoms with Gasteiger partial charge in [-0.05, 0) is 66.5 Å². The van der Waals surface area contributed by atoms with E-state index in [2.05, 4.69) is 5.32 Å². The Balaban J connectivity index is 1.48. The third kappa shape index (κ3) is 4.08. The summed E-state index contributed by atoms with van der Waals surface area (Å²) in [7, 11) is 0. The van der Waals surface area contributed by atoms with Crippen LogP contribution < -0.4 is 10.9 Å². The summed E-state index contributed by atoms with van der Waals surface area (Å²) < 4.78 is 15.1. The largest absolute Gasteiger partial charge is 0.325 e. The molecule has 0 aliphatic heterocycles. The number of amides is 1. The molecular formula is C24H20FN3O2S2. The molecule has 1 aliphatic rings.